The number of carbonyl (C=O) groups excluding carboxylic acids is 1. The molecule has 19 heavy (non-hydrogen) atoms. The number of rotatable bonds is 3. The molecule has 2 aromatic rings. The summed E-state index contributed by atoms with van der Waals surface area (Å²) in [6, 6.07) is 14.1. The number of benzene rings is 2. The van der Waals surface area contributed by atoms with Crippen molar-refractivity contribution in [1.29, 1.82) is 0 Å². The van der Waals surface area contributed by atoms with E-state index in [1.165, 1.54) is 5.56 Å². The molecule has 2 nitrogen and oxygen atoms in total. The number of Topliss-reactive ketones (excluding diaryl/α,β-unsaturated/α-hetero) is 1. The first kappa shape index (κ1) is 12.0. The second kappa shape index (κ2) is 4.88. The number of nitrogens with one attached hydrogen (secondary N) is 1. The van der Waals surface area contributed by atoms with Gasteiger partial charge in [-0.15, -0.1) is 0 Å². The van der Waals surface area contributed by atoms with Crippen molar-refractivity contribution in [3.05, 3.63) is 53.6 Å². The third-order valence-corrected chi connectivity index (χ3v) is 3.60. The number of carbonyl (C=O) groups is 1. The maximum atomic E-state index is 12.2. The van der Waals surface area contributed by atoms with Gasteiger partial charge in [0.2, 0.25) is 0 Å². The van der Waals surface area contributed by atoms with Crippen LogP contribution in [0.4, 0.5) is 5.69 Å². The molecular weight excluding hydrogens is 234 g/mol. The first-order chi connectivity index (χ1) is 9.31. The molecule has 3 rings (SSSR count). The van der Waals surface area contributed by atoms with Crippen molar-refractivity contribution >= 4 is 11.5 Å². The number of hydrogen-bond acceptors (Lipinski definition) is 2. The molecule has 2 heteroatoms. The van der Waals surface area contributed by atoms with Gasteiger partial charge < -0.3 is 5.32 Å². The molecule has 0 saturated heterocycles. The fourth-order valence-electron chi connectivity index (χ4n) is 2.67. The summed E-state index contributed by atoms with van der Waals surface area (Å²) >= 11 is 0. The summed E-state index contributed by atoms with van der Waals surface area (Å²) in [7, 11) is 0. The van der Waals surface area contributed by atoms with Crippen LogP contribution in [0.1, 0.15) is 29.3 Å². The van der Waals surface area contributed by atoms with Gasteiger partial charge in [-0.05, 0) is 29.2 Å². The highest BCUT2D eigenvalue weighted by molar-refractivity contribution is 6.08. The second-order valence-electron chi connectivity index (χ2n) is 4.90. The van der Waals surface area contributed by atoms with Gasteiger partial charge in [0.25, 0.3) is 0 Å². The van der Waals surface area contributed by atoms with Crippen LogP contribution in [0.5, 0.6) is 0 Å². The molecule has 0 fully saturated rings. The summed E-state index contributed by atoms with van der Waals surface area (Å²) < 4.78 is 0. The van der Waals surface area contributed by atoms with Gasteiger partial charge in [0, 0.05) is 24.2 Å². The minimum Gasteiger partial charge on any atom is -0.385 e. The Morgan fingerprint density at radius 1 is 1.00 bits per heavy atom. The summed E-state index contributed by atoms with van der Waals surface area (Å²) in [5, 5.41) is 3.42. The zero-order valence-electron chi connectivity index (χ0n) is 11.1. The van der Waals surface area contributed by atoms with Gasteiger partial charge >= 0.3 is 0 Å². The van der Waals surface area contributed by atoms with Crippen LogP contribution < -0.4 is 5.32 Å². The molecule has 0 aromatic heterocycles. The van der Waals surface area contributed by atoms with Gasteiger partial charge in [0.05, 0.1) is 0 Å². The smallest absolute Gasteiger partial charge is 0.167 e. The van der Waals surface area contributed by atoms with Crippen LogP contribution in [-0.4, -0.2) is 12.3 Å². The average molecular weight is 251 g/mol. The topological polar surface area (TPSA) is 29.1 Å². The zero-order chi connectivity index (χ0) is 13.2. The Morgan fingerprint density at radius 2 is 1.74 bits per heavy atom. The second-order valence-corrected chi connectivity index (χ2v) is 4.90. The fourth-order valence-corrected chi connectivity index (χ4v) is 2.67. The molecule has 0 heterocycles. The quantitative estimate of drug-likeness (QED) is 0.896. The lowest BCUT2D eigenvalue weighted by molar-refractivity contribution is 0.0992. The Bertz CT molecular complexity index is 631. The van der Waals surface area contributed by atoms with E-state index in [9.17, 15) is 4.79 Å². The Balaban J connectivity index is 2.14. The van der Waals surface area contributed by atoms with E-state index in [1.54, 1.807) is 0 Å². The van der Waals surface area contributed by atoms with E-state index in [-0.39, 0.29) is 5.78 Å². The number of ketones is 1. The number of fused-ring (bicyclic) bond motifs is 3. The Labute approximate surface area is 113 Å². The van der Waals surface area contributed by atoms with E-state index in [2.05, 4.69) is 30.4 Å². The van der Waals surface area contributed by atoms with Crippen LogP contribution in [0.3, 0.4) is 0 Å². The maximum Gasteiger partial charge on any atom is 0.167 e. The third-order valence-electron chi connectivity index (χ3n) is 3.60. The summed E-state index contributed by atoms with van der Waals surface area (Å²) in [6.45, 7) is 3.08. The van der Waals surface area contributed by atoms with E-state index in [1.807, 2.05) is 24.3 Å². The molecule has 0 spiro atoms. The van der Waals surface area contributed by atoms with Crippen LogP contribution in [0, 0.1) is 0 Å². The predicted octanol–water partition coefficient (Wildman–Crippen LogP) is 3.91. The number of hydrogen-bond donors (Lipinski definition) is 1. The van der Waals surface area contributed by atoms with Crippen molar-refractivity contribution in [2.75, 3.05) is 11.9 Å². The van der Waals surface area contributed by atoms with Crippen molar-refractivity contribution in [2.45, 2.75) is 19.8 Å². The van der Waals surface area contributed by atoms with Crippen molar-refractivity contribution in [1.82, 2.24) is 0 Å². The van der Waals surface area contributed by atoms with E-state index < -0.39 is 0 Å². The van der Waals surface area contributed by atoms with E-state index in [0.717, 1.165) is 35.3 Å². The Kier molecular flexibility index (Phi) is 3.08. The lowest BCUT2D eigenvalue weighted by Gasteiger charge is -2.22. The van der Waals surface area contributed by atoms with Gasteiger partial charge in [-0.3, -0.25) is 4.79 Å². The highest BCUT2D eigenvalue weighted by Crippen LogP contribution is 2.36. The summed E-state index contributed by atoms with van der Waals surface area (Å²) in [6.07, 6.45) is 1.58. The standard InChI is InChI=1S/C17H17NO/c1-2-10-18-16-9-5-8-13-12-6-3-4-7-14(12)17(19)11-15(13)16/h3-9,18H,2,10-11H2,1H3. The van der Waals surface area contributed by atoms with Gasteiger partial charge in [-0.25, -0.2) is 0 Å². The summed E-state index contributed by atoms with van der Waals surface area (Å²) in [5.41, 5.74) is 5.34. The van der Waals surface area contributed by atoms with Crippen LogP contribution >= 0.6 is 0 Å². The molecule has 1 aliphatic carbocycles. The van der Waals surface area contributed by atoms with E-state index >= 15 is 0 Å². The van der Waals surface area contributed by atoms with Crippen LogP contribution in [-0.2, 0) is 6.42 Å². The molecule has 0 atom stereocenters. The van der Waals surface area contributed by atoms with Gasteiger partial charge in [0.1, 0.15) is 0 Å². The molecule has 0 bridgehead atoms. The van der Waals surface area contributed by atoms with Gasteiger partial charge in [0.15, 0.2) is 5.78 Å². The predicted molar refractivity (Wildman–Crippen MR) is 78.7 cm³/mol. The minimum absolute atomic E-state index is 0.217. The van der Waals surface area contributed by atoms with Crippen molar-refractivity contribution < 1.29 is 4.79 Å². The Hall–Kier alpha value is -2.09. The summed E-state index contributed by atoms with van der Waals surface area (Å²) in [5.74, 6) is 0.217. The lowest BCUT2D eigenvalue weighted by Crippen LogP contribution is -2.15. The van der Waals surface area contributed by atoms with Crippen LogP contribution in [0.2, 0.25) is 0 Å². The van der Waals surface area contributed by atoms with Crippen LogP contribution in [0.25, 0.3) is 11.1 Å². The Morgan fingerprint density at radius 3 is 2.53 bits per heavy atom. The molecule has 0 radical (unpaired) electrons. The zero-order valence-corrected chi connectivity index (χ0v) is 11.1. The van der Waals surface area contributed by atoms with E-state index in [0.29, 0.717) is 6.42 Å². The molecule has 96 valence electrons. The summed E-state index contributed by atoms with van der Waals surface area (Å²) in [4.78, 5) is 12.2. The molecule has 0 amide bonds. The first-order valence-electron chi connectivity index (χ1n) is 6.79. The van der Waals surface area contributed by atoms with E-state index in [4.69, 9.17) is 0 Å². The fraction of sp³-hybridized carbons (Fsp3) is 0.235. The molecule has 1 N–H and O–H groups in total. The van der Waals surface area contributed by atoms with Crippen molar-refractivity contribution in [3.63, 3.8) is 0 Å². The SMILES string of the molecule is CCCNc1cccc2c1CC(=O)c1ccccc1-2. The third kappa shape index (κ3) is 2.03. The largest absolute Gasteiger partial charge is 0.385 e. The minimum atomic E-state index is 0.217. The number of anilines is 1. The van der Waals surface area contributed by atoms with Crippen LogP contribution in [0.15, 0.2) is 42.5 Å². The average Bonchev–Trinajstić information content (AvgIpc) is 2.46. The highest BCUT2D eigenvalue weighted by atomic mass is 16.1. The maximum absolute atomic E-state index is 12.2. The normalized spacial score (nSPS) is 12.8. The van der Waals surface area contributed by atoms with Gasteiger partial charge in [-0.1, -0.05) is 43.3 Å². The first-order valence-corrected chi connectivity index (χ1v) is 6.79. The molecule has 1 aliphatic rings. The molecule has 2 aromatic carbocycles. The highest BCUT2D eigenvalue weighted by Gasteiger charge is 2.23. The van der Waals surface area contributed by atoms with Crippen molar-refractivity contribution in [2.24, 2.45) is 0 Å². The lowest BCUT2D eigenvalue weighted by atomic mass is 9.84. The molecule has 0 unspecified atom stereocenters. The van der Waals surface area contributed by atoms with Gasteiger partial charge in [-0.2, -0.15) is 0 Å². The molecule has 0 saturated carbocycles. The van der Waals surface area contributed by atoms with Crippen molar-refractivity contribution in [3.8, 4) is 11.1 Å². The monoisotopic (exact) mass is 251 g/mol. The molecule has 0 aliphatic heterocycles. The molecular formula is C17H17NO.